The topological polar surface area (TPSA) is 0 Å². The van der Waals surface area contributed by atoms with E-state index in [1.165, 1.54) is 5.57 Å². The van der Waals surface area contributed by atoms with Gasteiger partial charge in [-0.1, -0.05) is 39.3 Å². The van der Waals surface area contributed by atoms with Crippen LogP contribution in [-0.4, -0.2) is 0 Å². The molecule has 0 atom stereocenters. The summed E-state index contributed by atoms with van der Waals surface area (Å²) in [6, 6.07) is 0. The van der Waals surface area contributed by atoms with E-state index in [9.17, 15) is 0 Å². The zero-order valence-corrected chi connectivity index (χ0v) is 7.65. The maximum atomic E-state index is 2.25. The van der Waals surface area contributed by atoms with Gasteiger partial charge in [0.2, 0.25) is 0 Å². The number of hydrogen-bond donors (Lipinski definition) is 0. The summed E-state index contributed by atoms with van der Waals surface area (Å²) < 4.78 is 0. The molecule has 0 aliphatic heterocycles. The van der Waals surface area contributed by atoms with Crippen molar-refractivity contribution in [1.82, 2.24) is 0 Å². The predicted molar refractivity (Wildman–Crippen MR) is 45.6 cm³/mol. The molecule has 0 saturated carbocycles. The normalized spacial score (nSPS) is 7.89. The fourth-order valence-electron chi connectivity index (χ4n) is 0.667. The molecule has 0 saturated heterocycles. The largest absolute Gasteiger partial charge is 0.0833 e. The second-order valence-electron chi connectivity index (χ2n) is 2.49. The second kappa shape index (κ2) is 7.74. The van der Waals surface area contributed by atoms with Crippen LogP contribution >= 0.6 is 0 Å². The first-order valence-electron chi connectivity index (χ1n) is 3.78. The third-order valence-electron chi connectivity index (χ3n) is 0.667. The molecule has 0 amide bonds. The molecule has 9 heavy (non-hydrogen) atoms. The molecular weight excluding hydrogens is 108 g/mol. The minimum absolute atomic E-state index is 0.713. The van der Waals surface area contributed by atoms with Crippen molar-refractivity contribution in [2.45, 2.75) is 41.5 Å². The van der Waals surface area contributed by atoms with Crippen molar-refractivity contribution in [3.05, 3.63) is 11.6 Å². The highest BCUT2D eigenvalue weighted by molar-refractivity contribution is 4.94. The smallest absolute Gasteiger partial charge is 0.0288 e. The standard InChI is InChI=1S/C7H14.C2H6/c1-6(2)5-7(3)4;1-2/h5-6H,1-4H3;1-2H3. The van der Waals surface area contributed by atoms with Crippen molar-refractivity contribution in [1.29, 1.82) is 0 Å². The van der Waals surface area contributed by atoms with Gasteiger partial charge in [-0.3, -0.25) is 0 Å². The molecule has 0 N–H and O–H groups in total. The van der Waals surface area contributed by atoms with E-state index < -0.39 is 0 Å². The van der Waals surface area contributed by atoms with Crippen LogP contribution in [0.5, 0.6) is 0 Å². The summed E-state index contributed by atoms with van der Waals surface area (Å²) in [7, 11) is 0. The lowest BCUT2D eigenvalue weighted by molar-refractivity contribution is 0.822. The molecule has 0 aromatic rings. The highest BCUT2D eigenvalue weighted by Gasteiger charge is 1.82. The Morgan fingerprint density at radius 2 is 1.44 bits per heavy atom. The van der Waals surface area contributed by atoms with Crippen molar-refractivity contribution in [2.24, 2.45) is 5.92 Å². The van der Waals surface area contributed by atoms with E-state index in [1.54, 1.807) is 0 Å². The summed E-state index contributed by atoms with van der Waals surface area (Å²) in [5, 5.41) is 0. The van der Waals surface area contributed by atoms with Gasteiger partial charge in [0, 0.05) is 0 Å². The first-order valence-corrected chi connectivity index (χ1v) is 3.78. The molecule has 0 heteroatoms. The SMILES string of the molecule is CC.CC(C)=CC(C)C. The van der Waals surface area contributed by atoms with Crippen LogP contribution < -0.4 is 0 Å². The van der Waals surface area contributed by atoms with Crippen molar-refractivity contribution in [3.63, 3.8) is 0 Å². The fraction of sp³-hybridized carbons (Fsp3) is 0.778. The van der Waals surface area contributed by atoms with Crippen LogP contribution in [0.2, 0.25) is 0 Å². The molecule has 0 aromatic heterocycles. The molecule has 56 valence electrons. The molecule has 0 aromatic carbocycles. The Kier molecular flexibility index (Phi) is 9.91. The number of hydrogen-bond acceptors (Lipinski definition) is 0. The van der Waals surface area contributed by atoms with Crippen LogP contribution in [-0.2, 0) is 0 Å². The number of allylic oxidation sites excluding steroid dienone is 2. The monoisotopic (exact) mass is 128 g/mol. The Balaban J connectivity index is 0. The highest BCUT2D eigenvalue weighted by Crippen LogP contribution is 1.98. The van der Waals surface area contributed by atoms with Crippen LogP contribution in [0.25, 0.3) is 0 Å². The van der Waals surface area contributed by atoms with E-state index in [2.05, 4.69) is 33.8 Å². The molecule has 0 heterocycles. The van der Waals surface area contributed by atoms with Gasteiger partial charge in [0.1, 0.15) is 0 Å². The van der Waals surface area contributed by atoms with Crippen molar-refractivity contribution < 1.29 is 0 Å². The Hall–Kier alpha value is -0.260. The average Bonchev–Trinajstić information content (AvgIpc) is 1.68. The summed E-state index contributed by atoms with van der Waals surface area (Å²) in [6.45, 7) is 12.6. The summed E-state index contributed by atoms with van der Waals surface area (Å²) in [5.41, 5.74) is 1.41. The lowest BCUT2D eigenvalue weighted by Gasteiger charge is -1.93. The maximum absolute atomic E-state index is 2.25. The van der Waals surface area contributed by atoms with E-state index in [0.29, 0.717) is 5.92 Å². The van der Waals surface area contributed by atoms with Gasteiger partial charge < -0.3 is 0 Å². The Labute approximate surface area is 60.0 Å². The lowest BCUT2D eigenvalue weighted by Crippen LogP contribution is -1.77. The minimum Gasteiger partial charge on any atom is -0.0833 e. The van der Waals surface area contributed by atoms with E-state index >= 15 is 0 Å². The molecular formula is C9H20. The zero-order chi connectivity index (χ0) is 7.86. The Bertz CT molecular complexity index is 64.1. The fourth-order valence-corrected chi connectivity index (χ4v) is 0.667. The summed E-state index contributed by atoms with van der Waals surface area (Å²) >= 11 is 0. The summed E-state index contributed by atoms with van der Waals surface area (Å²) in [4.78, 5) is 0. The van der Waals surface area contributed by atoms with Gasteiger partial charge >= 0.3 is 0 Å². The van der Waals surface area contributed by atoms with E-state index in [-0.39, 0.29) is 0 Å². The van der Waals surface area contributed by atoms with Gasteiger partial charge in [0.05, 0.1) is 0 Å². The van der Waals surface area contributed by atoms with Crippen LogP contribution in [0.3, 0.4) is 0 Å². The summed E-state index contributed by atoms with van der Waals surface area (Å²) in [5.74, 6) is 0.713. The molecule has 0 bridgehead atoms. The van der Waals surface area contributed by atoms with Crippen molar-refractivity contribution in [3.8, 4) is 0 Å². The molecule has 0 unspecified atom stereocenters. The van der Waals surface area contributed by atoms with Crippen LogP contribution in [0.15, 0.2) is 11.6 Å². The lowest BCUT2D eigenvalue weighted by atomic mass is 10.1. The first kappa shape index (κ1) is 11.5. The predicted octanol–water partition coefficient (Wildman–Crippen LogP) is 3.63. The third-order valence-corrected chi connectivity index (χ3v) is 0.667. The minimum atomic E-state index is 0.713. The second-order valence-corrected chi connectivity index (χ2v) is 2.49. The van der Waals surface area contributed by atoms with Crippen molar-refractivity contribution in [2.75, 3.05) is 0 Å². The molecule has 0 spiro atoms. The number of rotatable bonds is 1. The highest BCUT2D eigenvalue weighted by atomic mass is 13.9. The maximum Gasteiger partial charge on any atom is -0.0288 e. The third kappa shape index (κ3) is 18.2. The Morgan fingerprint density at radius 3 is 1.44 bits per heavy atom. The van der Waals surface area contributed by atoms with Crippen LogP contribution in [0.4, 0.5) is 0 Å². The van der Waals surface area contributed by atoms with Gasteiger partial charge in [-0.05, 0) is 19.8 Å². The van der Waals surface area contributed by atoms with Crippen molar-refractivity contribution >= 4 is 0 Å². The molecule has 0 nitrogen and oxygen atoms in total. The van der Waals surface area contributed by atoms with Gasteiger partial charge in [-0.2, -0.15) is 0 Å². The Morgan fingerprint density at radius 1 is 1.11 bits per heavy atom. The molecule has 0 rings (SSSR count). The van der Waals surface area contributed by atoms with E-state index in [1.807, 2.05) is 13.8 Å². The molecule has 0 aliphatic rings. The first-order chi connectivity index (χ1) is 4.13. The van der Waals surface area contributed by atoms with Gasteiger partial charge in [-0.25, -0.2) is 0 Å². The van der Waals surface area contributed by atoms with Gasteiger partial charge in [0.15, 0.2) is 0 Å². The zero-order valence-electron chi connectivity index (χ0n) is 7.65. The van der Waals surface area contributed by atoms with Crippen LogP contribution in [0, 0.1) is 5.92 Å². The van der Waals surface area contributed by atoms with Gasteiger partial charge in [0.25, 0.3) is 0 Å². The van der Waals surface area contributed by atoms with E-state index in [0.717, 1.165) is 0 Å². The molecule has 0 radical (unpaired) electrons. The molecule has 0 fully saturated rings. The van der Waals surface area contributed by atoms with Gasteiger partial charge in [-0.15, -0.1) is 0 Å². The average molecular weight is 128 g/mol. The molecule has 0 aliphatic carbocycles. The summed E-state index contributed by atoms with van der Waals surface area (Å²) in [6.07, 6.45) is 2.25. The van der Waals surface area contributed by atoms with E-state index in [4.69, 9.17) is 0 Å². The van der Waals surface area contributed by atoms with Crippen LogP contribution in [0.1, 0.15) is 41.5 Å². The quantitative estimate of drug-likeness (QED) is 0.473.